The molecule has 3 amide bonds. The van der Waals surface area contributed by atoms with Gasteiger partial charge in [0.15, 0.2) is 0 Å². The summed E-state index contributed by atoms with van der Waals surface area (Å²) in [6.07, 6.45) is 3.60. The van der Waals surface area contributed by atoms with Crippen molar-refractivity contribution in [3.05, 3.63) is 29.8 Å². The number of hydrogen-bond donors (Lipinski definition) is 1. The zero-order chi connectivity index (χ0) is 17.1. The van der Waals surface area contributed by atoms with E-state index < -0.39 is 0 Å². The molecule has 1 heterocycles. The Hall–Kier alpha value is -2.68. The molecule has 0 aromatic heterocycles. The van der Waals surface area contributed by atoms with Gasteiger partial charge in [0.1, 0.15) is 0 Å². The average Bonchev–Trinajstić information content (AvgIpc) is 2.84. The summed E-state index contributed by atoms with van der Waals surface area (Å²) in [7, 11) is 0. The van der Waals surface area contributed by atoms with Crippen molar-refractivity contribution in [2.75, 3.05) is 11.9 Å². The van der Waals surface area contributed by atoms with Gasteiger partial charge in [0.2, 0.25) is 17.7 Å². The van der Waals surface area contributed by atoms with Gasteiger partial charge >= 0.3 is 0 Å². The van der Waals surface area contributed by atoms with Crippen LogP contribution in [0.25, 0.3) is 0 Å². The topological polar surface area (TPSA) is 90.3 Å². The second-order valence-electron chi connectivity index (χ2n) is 6.32. The summed E-state index contributed by atoms with van der Waals surface area (Å²) in [5.41, 5.74) is 0.994. The highest BCUT2D eigenvalue weighted by Gasteiger charge is 2.47. The molecule has 6 nitrogen and oxygen atoms in total. The number of likely N-dealkylation sites (tertiary alicyclic amines) is 1. The number of anilines is 1. The fourth-order valence-corrected chi connectivity index (χ4v) is 3.55. The van der Waals surface area contributed by atoms with E-state index in [1.54, 1.807) is 24.3 Å². The number of carbonyl (C=O) groups is 3. The van der Waals surface area contributed by atoms with Crippen LogP contribution in [0.15, 0.2) is 24.3 Å². The van der Waals surface area contributed by atoms with Crippen LogP contribution in [0.5, 0.6) is 0 Å². The molecule has 124 valence electrons. The van der Waals surface area contributed by atoms with Gasteiger partial charge in [-0.15, -0.1) is 0 Å². The molecular formula is C18H19N3O3. The largest absolute Gasteiger partial charge is 0.326 e. The molecule has 1 saturated heterocycles. The van der Waals surface area contributed by atoms with E-state index in [1.165, 1.54) is 4.90 Å². The molecule has 0 bridgehead atoms. The first kappa shape index (κ1) is 16.2. The zero-order valence-corrected chi connectivity index (χ0v) is 13.3. The number of nitriles is 1. The molecule has 1 N–H and O–H groups in total. The van der Waals surface area contributed by atoms with E-state index in [-0.39, 0.29) is 42.5 Å². The van der Waals surface area contributed by atoms with E-state index >= 15 is 0 Å². The van der Waals surface area contributed by atoms with E-state index in [9.17, 15) is 14.4 Å². The maximum atomic E-state index is 12.3. The van der Waals surface area contributed by atoms with Crippen molar-refractivity contribution < 1.29 is 14.4 Å². The minimum absolute atomic E-state index is 0.0632. The van der Waals surface area contributed by atoms with Gasteiger partial charge in [-0.05, 0) is 31.0 Å². The third-order valence-corrected chi connectivity index (χ3v) is 4.77. The number of rotatable bonds is 4. The predicted octanol–water partition coefficient (Wildman–Crippen LogP) is 2.06. The highest BCUT2D eigenvalue weighted by Crippen LogP contribution is 2.37. The Labute approximate surface area is 140 Å². The summed E-state index contributed by atoms with van der Waals surface area (Å²) in [5, 5.41) is 11.6. The van der Waals surface area contributed by atoms with Gasteiger partial charge in [0.05, 0.1) is 23.5 Å². The molecule has 1 saturated carbocycles. The van der Waals surface area contributed by atoms with E-state index in [2.05, 4.69) is 5.32 Å². The molecule has 0 radical (unpaired) electrons. The quantitative estimate of drug-likeness (QED) is 0.858. The fraction of sp³-hybridized carbons (Fsp3) is 0.444. The summed E-state index contributed by atoms with van der Waals surface area (Å²) >= 11 is 0. The standard InChI is InChI=1S/C18H19N3O3/c19-11-12-4-3-5-13(10-12)20-16(22)8-9-21-17(23)14-6-1-2-7-15(14)18(21)24/h3-5,10,14-15H,1-2,6-9H2,(H,20,22)/t14-,15-/m0/s1. The zero-order valence-electron chi connectivity index (χ0n) is 13.3. The number of hydrogen-bond acceptors (Lipinski definition) is 4. The maximum Gasteiger partial charge on any atom is 0.233 e. The second kappa shape index (κ2) is 6.83. The molecule has 0 spiro atoms. The maximum absolute atomic E-state index is 12.3. The van der Waals surface area contributed by atoms with Crippen LogP contribution in [-0.2, 0) is 14.4 Å². The lowest BCUT2D eigenvalue weighted by Gasteiger charge is -2.19. The predicted molar refractivity (Wildman–Crippen MR) is 86.6 cm³/mol. The van der Waals surface area contributed by atoms with Crippen molar-refractivity contribution in [3.8, 4) is 6.07 Å². The summed E-state index contributed by atoms with van der Waals surface area (Å²) in [6.45, 7) is 0.119. The minimum Gasteiger partial charge on any atom is -0.326 e. The summed E-state index contributed by atoms with van der Waals surface area (Å²) < 4.78 is 0. The van der Waals surface area contributed by atoms with E-state index in [1.807, 2.05) is 6.07 Å². The van der Waals surface area contributed by atoms with Crippen molar-refractivity contribution >= 4 is 23.4 Å². The molecule has 6 heteroatoms. The number of fused-ring (bicyclic) bond motifs is 1. The lowest BCUT2D eigenvalue weighted by molar-refractivity contribution is -0.140. The third kappa shape index (κ3) is 3.16. The first-order valence-corrected chi connectivity index (χ1v) is 8.25. The minimum atomic E-state index is -0.277. The van der Waals surface area contributed by atoms with Crippen molar-refractivity contribution in [2.45, 2.75) is 32.1 Å². The van der Waals surface area contributed by atoms with Crippen molar-refractivity contribution in [2.24, 2.45) is 11.8 Å². The number of benzene rings is 1. The molecule has 2 fully saturated rings. The molecule has 1 aliphatic carbocycles. The second-order valence-corrected chi connectivity index (χ2v) is 6.32. The van der Waals surface area contributed by atoms with Gasteiger partial charge in [0.25, 0.3) is 0 Å². The Morgan fingerprint density at radius 1 is 1.21 bits per heavy atom. The first-order chi connectivity index (χ1) is 11.6. The van der Waals surface area contributed by atoms with E-state index in [0.717, 1.165) is 25.7 Å². The van der Waals surface area contributed by atoms with Crippen molar-refractivity contribution in [1.29, 1.82) is 5.26 Å². The molecule has 0 unspecified atom stereocenters. The highest BCUT2D eigenvalue weighted by molar-refractivity contribution is 6.05. The lowest BCUT2D eigenvalue weighted by atomic mass is 9.81. The number of imide groups is 1. The Kier molecular flexibility index (Phi) is 4.61. The Bertz CT molecular complexity index is 698. The summed E-state index contributed by atoms with van der Waals surface area (Å²) in [4.78, 5) is 38.0. The van der Waals surface area contributed by atoms with Gasteiger partial charge in [-0.3, -0.25) is 19.3 Å². The smallest absolute Gasteiger partial charge is 0.233 e. The van der Waals surface area contributed by atoms with Crippen LogP contribution in [0.4, 0.5) is 5.69 Å². The number of nitrogens with zero attached hydrogens (tertiary/aromatic N) is 2. The summed E-state index contributed by atoms with van der Waals surface area (Å²) in [5.74, 6) is -0.878. The van der Waals surface area contributed by atoms with Crippen LogP contribution in [0.1, 0.15) is 37.7 Å². The number of nitrogens with one attached hydrogen (secondary N) is 1. The molecule has 3 rings (SSSR count). The Balaban J connectivity index is 1.57. The molecule has 2 atom stereocenters. The van der Waals surface area contributed by atoms with Gasteiger partial charge in [0, 0.05) is 18.7 Å². The molecule has 2 aliphatic rings. The number of amides is 3. The van der Waals surface area contributed by atoms with E-state index in [0.29, 0.717) is 11.3 Å². The van der Waals surface area contributed by atoms with Gasteiger partial charge in [-0.1, -0.05) is 18.9 Å². The monoisotopic (exact) mass is 325 g/mol. The Morgan fingerprint density at radius 3 is 2.50 bits per heavy atom. The third-order valence-electron chi connectivity index (χ3n) is 4.77. The van der Waals surface area contributed by atoms with Crippen LogP contribution in [0, 0.1) is 23.2 Å². The van der Waals surface area contributed by atoms with Gasteiger partial charge < -0.3 is 5.32 Å². The lowest BCUT2D eigenvalue weighted by Crippen LogP contribution is -2.34. The SMILES string of the molecule is N#Cc1cccc(NC(=O)CCN2C(=O)[C@H]3CCCC[C@@H]3C2=O)c1. The van der Waals surface area contributed by atoms with E-state index in [4.69, 9.17) is 5.26 Å². The van der Waals surface area contributed by atoms with Crippen LogP contribution >= 0.6 is 0 Å². The van der Waals surface area contributed by atoms with Crippen LogP contribution < -0.4 is 5.32 Å². The highest BCUT2D eigenvalue weighted by atomic mass is 16.2. The van der Waals surface area contributed by atoms with Gasteiger partial charge in [-0.25, -0.2) is 0 Å². The Morgan fingerprint density at radius 2 is 1.88 bits per heavy atom. The molecule has 1 aromatic carbocycles. The van der Waals surface area contributed by atoms with Crippen LogP contribution in [-0.4, -0.2) is 29.2 Å². The fourth-order valence-electron chi connectivity index (χ4n) is 3.55. The van der Waals surface area contributed by atoms with Crippen molar-refractivity contribution in [1.82, 2.24) is 4.90 Å². The summed E-state index contributed by atoms with van der Waals surface area (Å²) in [6, 6.07) is 8.62. The molecule has 1 aromatic rings. The molecule has 24 heavy (non-hydrogen) atoms. The number of carbonyl (C=O) groups excluding carboxylic acids is 3. The van der Waals surface area contributed by atoms with Gasteiger partial charge in [-0.2, -0.15) is 5.26 Å². The molecule has 1 aliphatic heterocycles. The van der Waals surface area contributed by atoms with Crippen LogP contribution in [0.3, 0.4) is 0 Å². The van der Waals surface area contributed by atoms with Crippen molar-refractivity contribution in [3.63, 3.8) is 0 Å². The molecular weight excluding hydrogens is 306 g/mol. The first-order valence-electron chi connectivity index (χ1n) is 8.25. The normalized spacial score (nSPS) is 22.9. The average molecular weight is 325 g/mol. The van der Waals surface area contributed by atoms with Crippen LogP contribution in [0.2, 0.25) is 0 Å².